The van der Waals surface area contributed by atoms with Crippen LogP contribution in [0.1, 0.15) is 44.2 Å². The van der Waals surface area contributed by atoms with Gasteiger partial charge in [-0.15, -0.1) is 5.10 Å². The van der Waals surface area contributed by atoms with Crippen LogP contribution in [0.5, 0.6) is 0 Å². The Morgan fingerprint density at radius 1 is 1.29 bits per heavy atom. The molecular weight excluding hydrogens is 282 g/mol. The molecule has 1 saturated carbocycles. The standard InChI is InChI=1S/C15H21N5S/c1-2-16-11-12-7-3-6-10-14(12)21-15-17-18-19-20(15)13-8-4-5-9-13/h3,6-7,10,13,16H,2,4-5,8-9,11H2,1H3. The van der Waals surface area contributed by atoms with E-state index < -0.39 is 0 Å². The van der Waals surface area contributed by atoms with Crippen LogP contribution in [0.15, 0.2) is 34.3 Å². The Balaban J connectivity index is 1.79. The molecule has 0 radical (unpaired) electrons. The maximum Gasteiger partial charge on any atom is 0.214 e. The van der Waals surface area contributed by atoms with Crippen LogP contribution in [-0.4, -0.2) is 26.8 Å². The van der Waals surface area contributed by atoms with Gasteiger partial charge >= 0.3 is 0 Å². The number of nitrogens with one attached hydrogen (secondary N) is 1. The van der Waals surface area contributed by atoms with Gasteiger partial charge in [-0.2, -0.15) is 0 Å². The van der Waals surface area contributed by atoms with Crippen LogP contribution in [0.2, 0.25) is 0 Å². The van der Waals surface area contributed by atoms with Crippen molar-refractivity contribution in [1.29, 1.82) is 0 Å². The van der Waals surface area contributed by atoms with Crippen LogP contribution < -0.4 is 5.32 Å². The minimum absolute atomic E-state index is 0.475. The van der Waals surface area contributed by atoms with Crippen LogP contribution in [0.3, 0.4) is 0 Å². The fourth-order valence-electron chi connectivity index (χ4n) is 2.74. The molecule has 6 heteroatoms. The van der Waals surface area contributed by atoms with Gasteiger partial charge in [-0.25, -0.2) is 4.68 Å². The lowest BCUT2D eigenvalue weighted by Crippen LogP contribution is -2.12. The molecule has 21 heavy (non-hydrogen) atoms. The van der Waals surface area contributed by atoms with E-state index in [1.54, 1.807) is 11.8 Å². The second kappa shape index (κ2) is 7.04. The van der Waals surface area contributed by atoms with E-state index in [1.807, 2.05) is 4.68 Å². The fourth-order valence-corrected chi connectivity index (χ4v) is 3.71. The van der Waals surface area contributed by atoms with E-state index in [1.165, 1.54) is 36.1 Å². The molecule has 1 aromatic carbocycles. The third-order valence-electron chi connectivity index (χ3n) is 3.87. The van der Waals surface area contributed by atoms with Crippen molar-refractivity contribution in [3.05, 3.63) is 29.8 Å². The third kappa shape index (κ3) is 3.44. The first-order valence-electron chi connectivity index (χ1n) is 7.63. The summed E-state index contributed by atoms with van der Waals surface area (Å²) in [5.74, 6) is 0. The zero-order valence-electron chi connectivity index (χ0n) is 12.3. The minimum Gasteiger partial charge on any atom is -0.313 e. The Bertz CT molecular complexity index is 577. The van der Waals surface area contributed by atoms with Crippen molar-refractivity contribution < 1.29 is 0 Å². The topological polar surface area (TPSA) is 55.6 Å². The monoisotopic (exact) mass is 303 g/mol. The van der Waals surface area contributed by atoms with Crippen molar-refractivity contribution in [2.45, 2.75) is 55.2 Å². The lowest BCUT2D eigenvalue weighted by atomic mass is 10.2. The molecule has 0 amide bonds. The zero-order chi connectivity index (χ0) is 14.5. The van der Waals surface area contributed by atoms with Crippen LogP contribution >= 0.6 is 11.8 Å². The van der Waals surface area contributed by atoms with Crippen LogP contribution in [0.4, 0.5) is 0 Å². The van der Waals surface area contributed by atoms with Crippen molar-refractivity contribution in [1.82, 2.24) is 25.5 Å². The Kier molecular flexibility index (Phi) is 4.87. The molecule has 3 rings (SSSR count). The van der Waals surface area contributed by atoms with Crippen molar-refractivity contribution in [2.24, 2.45) is 0 Å². The number of nitrogens with zero attached hydrogens (tertiary/aromatic N) is 4. The highest BCUT2D eigenvalue weighted by Crippen LogP contribution is 2.34. The first-order chi connectivity index (χ1) is 10.4. The van der Waals surface area contributed by atoms with Gasteiger partial charge in [-0.3, -0.25) is 0 Å². The highest BCUT2D eigenvalue weighted by molar-refractivity contribution is 7.99. The molecule has 2 aromatic rings. The van der Waals surface area contributed by atoms with Gasteiger partial charge in [-0.05, 0) is 53.2 Å². The summed E-state index contributed by atoms with van der Waals surface area (Å²) < 4.78 is 2.02. The summed E-state index contributed by atoms with van der Waals surface area (Å²) in [5.41, 5.74) is 1.30. The summed E-state index contributed by atoms with van der Waals surface area (Å²) in [6.07, 6.45) is 4.95. The van der Waals surface area contributed by atoms with Crippen LogP contribution in [0.25, 0.3) is 0 Å². The molecular formula is C15H21N5S. The second-order valence-electron chi connectivity index (χ2n) is 5.33. The van der Waals surface area contributed by atoms with Gasteiger partial charge in [0.1, 0.15) is 0 Å². The predicted octanol–water partition coefficient (Wildman–Crippen LogP) is 3.05. The molecule has 0 atom stereocenters. The summed E-state index contributed by atoms with van der Waals surface area (Å²) in [4.78, 5) is 1.23. The van der Waals surface area contributed by atoms with Crippen molar-refractivity contribution in [3.8, 4) is 0 Å². The van der Waals surface area contributed by atoms with E-state index in [4.69, 9.17) is 0 Å². The Morgan fingerprint density at radius 3 is 2.90 bits per heavy atom. The summed E-state index contributed by atoms with van der Waals surface area (Å²) in [6, 6.07) is 8.93. The largest absolute Gasteiger partial charge is 0.313 e. The molecule has 1 N–H and O–H groups in total. The predicted molar refractivity (Wildman–Crippen MR) is 83.3 cm³/mol. The third-order valence-corrected chi connectivity index (χ3v) is 4.94. The lowest BCUT2D eigenvalue weighted by molar-refractivity contribution is 0.423. The van der Waals surface area contributed by atoms with E-state index in [2.05, 4.69) is 52.0 Å². The smallest absolute Gasteiger partial charge is 0.214 e. The van der Waals surface area contributed by atoms with Crippen molar-refractivity contribution in [2.75, 3.05) is 6.54 Å². The number of hydrogen-bond donors (Lipinski definition) is 1. The SMILES string of the molecule is CCNCc1ccccc1Sc1nnnn1C1CCCC1. The molecule has 0 saturated heterocycles. The van der Waals surface area contributed by atoms with Gasteiger partial charge in [0, 0.05) is 11.4 Å². The Morgan fingerprint density at radius 2 is 2.10 bits per heavy atom. The maximum atomic E-state index is 4.22. The summed E-state index contributed by atoms with van der Waals surface area (Å²) in [6.45, 7) is 3.97. The van der Waals surface area contributed by atoms with E-state index in [0.717, 1.165) is 18.2 Å². The molecule has 0 bridgehead atoms. The summed E-state index contributed by atoms with van der Waals surface area (Å²) in [5, 5.41) is 16.6. The number of benzene rings is 1. The average molecular weight is 303 g/mol. The summed E-state index contributed by atoms with van der Waals surface area (Å²) >= 11 is 1.67. The Hall–Kier alpha value is -1.40. The van der Waals surface area contributed by atoms with Gasteiger partial charge in [0.05, 0.1) is 6.04 Å². The van der Waals surface area contributed by atoms with Crippen molar-refractivity contribution >= 4 is 11.8 Å². The van der Waals surface area contributed by atoms with E-state index in [0.29, 0.717) is 6.04 Å². The lowest BCUT2D eigenvalue weighted by Gasteiger charge is -2.12. The average Bonchev–Trinajstić information content (AvgIpc) is 3.17. The first-order valence-corrected chi connectivity index (χ1v) is 8.44. The molecule has 112 valence electrons. The molecule has 1 aromatic heterocycles. The zero-order valence-corrected chi connectivity index (χ0v) is 13.1. The normalized spacial score (nSPS) is 15.7. The van der Waals surface area contributed by atoms with Crippen LogP contribution in [0, 0.1) is 0 Å². The molecule has 0 unspecified atom stereocenters. The van der Waals surface area contributed by atoms with Crippen LogP contribution in [-0.2, 0) is 6.54 Å². The number of rotatable bonds is 6. The maximum absolute atomic E-state index is 4.22. The van der Waals surface area contributed by atoms with Gasteiger partial charge < -0.3 is 5.32 Å². The molecule has 1 aliphatic carbocycles. The minimum atomic E-state index is 0.475. The van der Waals surface area contributed by atoms with Gasteiger partial charge in [-0.1, -0.05) is 38.0 Å². The van der Waals surface area contributed by atoms with E-state index in [9.17, 15) is 0 Å². The van der Waals surface area contributed by atoms with Crippen molar-refractivity contribution in [3.63, 3.8) is 0 Å². The fraction of sp³-hybridized carbons (Fsp3) is 0.533. The number of tetrazole rings is 1. The molecule has 0 aliphatic heterocycles. The first kappa shape index (κ1) is 14.5. The molecule has 1 fully saturated rings. The molecule has 0 spiro atoms. The Labute approximate surface area is 129 Å². The second-order valence-corrected chi connectivity index (χ2v) is 6.34. The highest BCUT2D eigenvalue weighted by atomic mass is 32.2. The van der Waals surface area contributed by atoms with Gasteiger partial charge in [0.15, 0.2) is 0 Å². The molecule has 5 nitrogen and oxygen atoms in total. The highest BCUT2D eigenvalue weighted by Gasteiger charge is 2.22. The number of aromatic nitrogens is 4. The van der Waals surface area contributed by atoms with E-state index in [-0.39, 0.29) is 0 Å². The van der Waals surface area contributed by atoms with Gasteiger partial charge in [0.25, 0.3) is 0 Å². The summed E-state index contributed by atoms with van der Waals surface area (Å²) in [7, 11) is 0. The van der Waals surface area contributed by atoms with E-state index >= 15 is 0 Å². The quantitative estimate of drug-likeness (QED) is 0.889. The molecule has 1 heterocycles. The molecule has 1 aliphatic rings. The van der Waals surface area contributed by atoms with Gasteiger partial charge in [0.2, 0.25) is 5.16 Å². The number of hydrogen-bond acceptors (Lipinski definition) is 5.